The molecule has 13 heavy (non-hydrogen) atoms. The Morgan fingerprint density at radius 3 is 2.85 bits per heavy atom. The van der Waals surface area contributed by atoms with Crippen molar-refractivity contribution in [1.29, 1.82) is 0 Å². The molecule has 2 heteroatoms. The Morgan fingerprint density at radius 1 is 1.46 bits per heavy atom. The molecule has 0 spiro atoms. The second-order valence-corrected chi connectivity index (χ2v) is 4.51. The van der Waals surface area contributed by atoms with Gasteiger partial charge in [-0.2, -0.15) is 0 Å². The highest BCUT2D eigenvalue weighted by atomic mass is 16.2. The maximum absolute atomic E-state index is 11.8. The summed E-state index contributed by atoms with van der Waals surface area (Å²) in [5.74, 6) is 1.71. The minimum absolute atomic E-state index is 0.273. The van der Waals surface area contributed by atoms with Crippen molar-refractivity contribution in [2.45, 2.75) is 26.7 Å². The molecule has 0 aromatic carbocycles. The van der Waals surface area contributed by atoms with E-state index in [0.717, 1.165) is 0 Å². The van der Waals surface area contributed by atoms with Gasteiger partial charge in [-0.05, 0) is 31.6 Å². The van der Waals surface area contributed by atoms with Gasteiger partial charge in [0.2, 0.25) is 5.91 Å². The van der Waals surface area contributed by atoms with Gasteiger partial charge in [0.25, 0.3) is 0 Å². The molecule has 0 bridgehead atoms. The summed E-state index contributed by atoms with van der Waals surface area (Å²) in [6.07, 6.45) is 4.41. The number of fused-ring (bicyclic) bond motifs is 1. The smallest absolute Gasteiger partial charge is 0.230 e. The van der Waals surface area contributed by atoms with E-state index in [2.05, 4.69) is 13.8 Å². The van der Waals surface area contributed by atoms with Gasteiger partial charge in [-0.1, -0.05) is 12.5 Å². The van der Waals surface area contributed by atoms with Crippen LogP contribution in [0.5, 0.6) is 0 Å². The Morgan fingerprint density at radius 2 is 2.15 bits per heavy atom. The monoisotopic (exact) mass is 179 g/mol. The molecule has 1 fully saturated rings. The second kappa shape index (κ2) is 2.86. The van der Waals surface area contributed by atoms with E-state index in [-0.39, 0.29) is 5.92 Å². The maximum atomic E-state index is 11.8. The van der Waals surface area contributed by atoms with Gasteiger partial charge in [0, 0.05) is 19.2 Å². The van der Waals surface area contributed by atoms with Gasteiger partial charge in [-0.3, -0.25) is 4.79 Å². The molecule has 1 amide bonds. The average molecular weight is 179 g/mol. The lowest BCUT2D eigenvalue weighted by Gasteiger charge is -2.31. The summed E-state index contributed by atoms with van der Waals surface area (Å²) in [6.45, 7) is 4.35. The van der Waals surface area contributed by atoms with Crippen LogP contribution in [0.2, 0.25) is 0 Å². The first-order valence-corrected chi connectivity index (χ1v) is 5.06. The molecule has 2 rings (SSSR count). The summed E-state index contributed by atoms with van der Waals surface area (Å²) in [5, 5.41) is 0. The van der Waals surface area contributed by atoms with Gasteiger partial charge in [0.1, 0.15) is 0 Å². The Labute approximate surface area is 79.6 Å². The molecule has 0 N–H and O–H groups in total. The predicted molar refractivity (Wildman–Crippen MR) is 51.9 cm³/mol. The molecule has 1 aliphatic carbocycles. The summed E-state index contributed by atoms with van der Waals surface area (Å²) in [7, 11) is 1.87. The third kappa shape index (κ3) is 1.19. The molecule has 0 radical (unpaired) electrons. The first-order chi connectivity index (χ1) is 6.11. The fraction of sp³-hybridized carbons (Fsp3) is 0.727. The van der Waals surface area contributed by atoms with Crippen molar-refractivity contribution in [3.8, 4) is 0 Å². The SMILES string of the molecule is CC1=CN(C)C(=O)[C@H]2[C@@H]1CC[C@@H]2C. The lowest BCUT2D eigenvalue weighted by Crippen LogP contribution is -2.38. The maximum Gasteiger partial charge on any atom is 0.230 e. The molecule has 1 saturated carbocycles. The minimum atomic E-state index is 0.273. The van der Waals surface area contributed by atoms with Crippen molar-refractivity contribution >= 4 is 5.91 Å². The lowest BCUT2D eigenvalue weighted by atomic mass is 9.83. The summed E-state index contributed by atoms with van der Waals surface area (Å²) in [4.78, 5) is 13.6. The number of hydrogen-bond acceptors (Lipinski definition) is 1. The zero-order chi connectivity index (χ0) is 9.59. The summed E-state index contributed by atoms with van der Waals surface area (Å²) >= 11 is 0. The Bertz CT molecular complexity index is 269. The van der Waals surface area contributed by atoms with Gasteiger partial charge in [0.15, 0.2) is 0 Å². The van der Waals surface area contributed by atoms with Crippen LogP contribution in [0.25, 0.3) is 0 Å². The van der Waals surface area contributed by atoms with Gasteiger partial charge < -0.3 is 4.90 Å². The molecular weight excluding hydrogens is 162 g/mol. The van der Waals surface area contributed by atoms with Gasteiger partial charge in [-0.25, -0.2) is 0 Å². The normalized spacial score (nSPS) is 39.0. The van der Waals surface area contributed by atoms with Crippen LogP contribution in [-0.2, 0) is 4.79 Å². The van der Waals surface area contributed by atoms with Crippen molar-refractivity contribution in [3.05, 3.63) is 11.8 Å². The molecule has 0 aromatic rings. The van der Waals surface area contributed by atoms with E-state index in [0.29, 0.717) is 17.7 Å². The van der Waals surface area contributed by atoms with E-state index in [1.807, 2.05) is 13.2 Å². The number of amides is 1. The molecule has 72 valence electrons. The summed E-state index contributed by atoms with van der Waals surface area (Å²) in [6, 6.07) is 0. The minimum Gasteiger partial charge on any atom is -0.322 e. The molecule has 1 heterocycles. The molecule has 2 aliphatic rings. The van der Waals surface area contributed by atoms with Crippen LogP contribution >= 0.6 is 0 Å². The predicted octanol–water partition coefficient (Wildman–Crippen LogP) is 2.02. The highest BCUT2D eigenvalue weighted by Gasteiger charge is 2.42. The largest absolute Gasteiger partial charge is 0.322 e. The number of carbonyl (C=O) groups excluding carboxylic acids is 1. The number of hydrogen-bond donors (Lipinski definition) is 0. The third-order valence-corrected chi connectivity index (χ3v) is 3.59. The Balaban J connectivity index is 2.34. The van der Waals surface area contributed by atoms with Crippen molar-refractivity contribution < 1.29 is 4.79 Å². The molecule has 1 aliphatic heterocycles. The van der Waals surface area contributed by atoms with Crippen molar-refractivity contribution in [1.82, 2.24) is 4.90 Å². The number of rotatable bonds is 0. The highest BCUT2D eigenvalue weighted by molar-refractivity contribution is 5.82. The van der Waals surface area contributed by atoms with Gasteiger partial charge in [0.05, 0.1) is 0 Å². The van der Waals surface area contributed by atoms with Crippen molar-refractivity contribution in [2.75, 3.05) is 7.05 Å². The second-order valence-electron chi connectivity index (χ2n) is 4.51. The lowest BCUT2D eigenvalue weighted by molar-refractivity contribution is -0.134. The number of allylic oxidation sites excluding steroid dienone is 1. The fourth-order valence-corrected chi connectivity index (χ4v) is 2.82. The molecular formula is C11H17NO. The number of carbonyl (C=O) groups is 1. The topological polar surface area (TPSA) is 20.3 Å². The fourth-order valence-electron chi connectivity index (χ4n) is 2.82. The van der Waals surface area contributed by atoms with E-state index in [4.69, 9.17) is 0 Å². The van der Waals surface area contributed by atoms with Gasteiger partial charge >= 0.3 is 0 Å². The Kier molecular flexibility index (Phi) is 1.94. The zero-order valence-corrected chi connectivity index (χ0v) is 8.58. The molecule has 3 atom stereocenters. The molecule has 0 aromatic heterocycles. The van der Waals surface area contributed by atoms with Crippen molar-refractivity contribution in [2.24, 2.45) is 17.8 Å². The van der Waals surface area contributed by atoms with Crippen LogP contribution < -0.4 is 0 Å². The zero-order valence-electron chi connectivity index (χ0n) is 8.58. The van der Waals surface area contributed by atoms with Crippen LogP contribution in [0.3, 0.4) is 0 Å². The quantitative estimate of drug-likeness (QED) is 0.557. The highest BCUT2D eigenvalue weighted by Crippen LogP contribution is 2.43. The summed E-state index contributed by atoms with van der Waals surface area (Å²) in [5.41, 5.74) is 1.39. The average Bonchev–Trinajstić information content (AvgIpc) is 2.44. The van der Waals surface area contributed by atoms with E-state index in [9.17, 15) is 4.79 Å². The van der Waals surface area contributed by atoms with Crippen LogP contribution in [0.4, 0.5) is 0 Å². The van der Waals surface area contributed by atoms with Crippen LogP contribution in [0.15, 0.2) is 11.8 Å². The van der Waals surface area contributed by atoms with Crippen LogP contribution in [0.1, 0.15) is 26.7 Å². The third-order valence-electron chi connectivity index (χ3n) is 3.59. The molecule has 0 unspecified atom stereocenters. The molecule has 2 nitrogen and oxygen atoms in total. The van der Waals surface area contributed by atoms with Crippen molar-refractivity contribution in [3.63, 3.8) is 0 Å². The Hall–Kier alpha value is -0.790. The van der Waals surface area contributed by atoms with E-state index in [1.54, 1.807) is 4.90 Å². The van der Waals surface area contributed by atoms with E-state index >= 15 is 0 Å². The first-order valence-electron chi connectivity index (χ1n) is 5.06. The van der Waals surface area contributed by atoms with Crippen LogP contribution in [0, 0.1) is 17.8 Å². The van der Waals surface area contributed by atoms with E-state index < -0.39 is 0 Å². The van der Waals surface area contributed by atoms with Gasteiger partial charge in [-0.15, -0.1) is 0 Å². The summed E-state index contributed by atoms with van der Waals surface area (Å²) < 4.78 is 0. The standard InChI is InChI=1S/C11H17NO/c1-7-4-5-9-8(2)6-12(3)11(13)10(7)9/h6-7,9-10H,4-5H2,1-3H3/t7-,9+,10+/m0/s1. The van der Waals surface area contributed by atoms with E-state index in [1.165, 1.54) is 18.4 Å². The molecule has 0 saturated heterocycles. The van der Waals surface area contributed by atoms with Crippen LogP contribution in [-0.4, -0.2) is 17.9 Å². The number of nitrogens with zero attached hydrogens (tertiary/aromatic N) is 1. The first kappa shape index (κ1) is 8.79.